The highest BCUT2D eigenvalue weighted by atomic mass is 15.3. The summed E-state index contributed by atoms with van der Waals surface area (Å²) in [5, 5.41) is 4.60. The van der Waals surface area contributed by atoms with E-state index in [-0.39, 0.29) is 0 Å². The lowest BCUT2D eigenvalue weighted by molar-refractivity contribution is 0.699. The third-order valence-electron chi connectivity index (χ3n) is 3.30. The molecule has 0 aliphatic heterocycles. The first-order valence-corrected chi connectivity index (χ1v) is 6.67. The van der Waals surface area contributed by atoms with Crippen LogP contribution in [0.4, 0.5) is 5.82 Å². The molecule has 1 heterocycles. The Morgan fingerprint density at radius 1 is 1.00 bits per heavy atom. The minimum Gasteiger partial charge on any atom is -0.384 e. The van der Waals surface area contributed by atoms with Crippen molar-refractivity contribution in [3.63, 3.8) is 0 Å². The molecule has 3 aromatic rings. The number of rotatable bonds is 3. The van der Waals surface area contributed by atoms with Gasteiger partial charge in [-0.2, -0.15) is 5.10 Å². The van der Waals surface area contributed by atoms with Gasteiger partial charge in [0.05, 0.1) is 12.2 Å². The van der Waals surface area contributed by atoms with E-state index in [1.165, 1.54) is 11.1 Å². The van der Waals surface area contributed by atoms with Gasteiger partial charge in [-0.3, -0.25) is 0 Å². The molecule has 2 aromatic carbocycles. The molecule has 0 spiro atoms. The smallest absolute Gasteiger partial charge is 0.122 e. The Hall–Kier alpha value is -2.55. The predicted molar refractivity (Wildman–Crippen MR) is 82.4 cm³/mol. The van der Waals surface area contributed by atoms with Gasteiger partial charge in [-0.15, -0.1) is 0 Å². The molecule has 0 bridgehead atoms. The summed E-state index contributed by atoms with van der Waals surface area (Å²) in [5.41, 5.74) is 10.5. The van der Waals surface area contributed by atoms with Gasteiger partial charge in [-0.1, -0.05) is 60.2 Å². The second kappa shape index (κ2) is 5.21. The second-order valence-electron chi connectivity index (χ2n) is 4.97. The predicted octanol–water partition coefficient (Wildman–Crippen LogP) is 3.49. The van der Waals surface area contributed by atoms with Crippen molar-refractivity contribution in [2.24, 2.45) is 0 Å². The van der Waals surface area contributed by atoms with E-state index in [4.69, 9.17) is 5.73 Å². The molecule has 0 radical (unpaired) electrons. The van der Waals surface area contributed by atoms with E-state index in [9.17, 15) is 0 Å². The van der Waals surface area contributed by atoms with E-state index < -0.39 is 0 Å². The Labute approximate surface area is 118 Å². The first-order chi connectivity index (χ1) is 9.72. The first kappa shape index (κ1) is 12.5. The molecule has 3 rings (SSSR count). The van der Waals surface area contributed by atoms with Crippen molar-refractivity contribution in [1.82, 2.24) is 9.78 Å². The number of hydrogen-bond acceptors (Lipinski definition) is 2. The molecule has 1 aromatic heterocycles. The highest BCUT2D eigenvalue weighted by Crippen LogP contribution is 2.20. The molecule has 0 unspecified atom stereocenters. The standard InChI is InChI=1S/C17H17N3/c1-13-6-5-7-14(10-13)12-20-17(18)11-16(19-20)15-8-3-2-4-9-15/h2-11H,12,18H2,1H3. The van der Waals surface area contributed by atoms with E-state index in [1.807, 2.05) is 41.1 Å². The van der Waals surface area contributed by atoms with Gasteiger partial charge in [0.15, 0.2) is 0 Å². The summed E-state index contributed by atoms with van der Waals surface area (Å²) >= 11 is 0. The number of aromatic nitrogens is 2. The number of benzene rings is 2. The molecule has 0 saturated heterocycles. The zero-order valence-corrected chi connectivity index (χ0v) is 11.5. The van der Waals surface area contributed by atoms with Crippen molar-refractivity contribution in [1.29, 1.82) is 0 Å². The number of anilines is 1. The molecule has 20 heavy (non-hydrogen) atoms. The molecule has 0 aliphatic rings. The summed E-state index contributed by atoms with van der Waals surface area (Å²) in [6, 6.07) is 20.4. The fourth-order valence-corrected chi connectivity index (χ4v) is 2.29. The average molecular weight is 263 g/mol. The van der Waals surface area contributed by atoms with Gasteiger partial charge in [-0.25, -0.2) is 4.68 Å². The average Bonchev–Trinajstić information content (AvgIpc) is 2.81. The topological polar surface area (TPSA) is 43.8 Å². The number of nitrogens with zero attached hydrogens (tertiary/aromatic N) is 2. The summed E-state index contributed by atoms with van der Waals surface area (Å²) in [6.45, 7) is 2.78. The molecular formula is C17H17N3. The van der Waals surface area contributed by atoms with E-state index in [0.29, 0.717) is 12.4 Å². The van der Waals surface area contributed by atoms with Crippen LogP contribution in [0.25, 0.3) is 11.3 Å². The lowest BCUT2D eigenvalue weighted by atomic mass is 10.1. The van der Waals surface area contributed by atoms with Crippen LogP contribution in [0, 0.1) is 6.92 Å². The van der Waals surface area contributed by atoms with E-state index in [2.05, 4.69) is 36.3 Å². The summed E-state index contributed by atoms with van der Waals surface area (Å²) in [5.74, 6) is 0.686. The van der Waals surface area contributed by atoms with Gasteiger partial charge in [0.25, 0.3) is 0 Å². The van der Waals surface area contributed by atoms with Gasteiger partial charge in [0.2, 0.25) is 0 Å². The van der Waals surface area contributed by atoms with Crippen LogP contribution >= 0.6 is 0 Å². The normalized spacial score (nSPS) is 10.7. The molecule has 0 atom stereocenters. The minimum atomic E-state index is 0.686. The van der Waals surface area contributed by atoms with Crippen LogP contribution in [0.15, 0.2) is 60.7 Å². The maximum atomic E-state index is 6.07. The van der Waals surface area contributed by atoms with Crippen LogP contribution in [0.5, 0.6) is 0 Å². The Morgan fingerprint density at radius 3 is 2.55 bits per heavy atom. The maximum absolute atomic E-state index is 6.07. The molecule has 0 aliphatic carbocycles. The highest BCUT2D eigenvalue weighted by Gasteiger charge is 2.07. The molecule has 3 nitrogen and oxygen atoms in total. The lowest BCUT2D eigenvalue weighted by Crippen LogP contribution is -2.05. The zero-order valence-electron chi connectivity index (χ0n) is 11.5. The monoisotopic (exact) mass is 263 g/mol. The van der Waals surface area contributed by atoms with Crippen molar-refractivity contribution in [3.05, 3.63) is 71.8 Å². The van der Waals surface area contributed by atoms with E-state index in [1.54, 1.807) is 0 Å². The minimum absolute atomic E-state index is 0.686. The molecule has 0 saturated carbocycles. The number of hydrogen-bond donors (Lipinski definition) is 1. The molecule has 100 valence electrons. The van der Waals surface area contributed by atoms with E-state index in [0.717, 1.165) is 11.3 Å². The van der Waals surface area contributed by atoms with Gasteiger partial charge in [0.1, 0.15) is 5.82 Å². The Balaban J connectivity index is 1.90. The fourth-order valence-electron chi connectivity index (χ4n) is 2.29. The van der Waals surface area contributed by atoms with Gasteiger partial charge >= 0.3 is 0 Å². The number of nitrogen functional groups attached to an aromatic ring is 1. The van der Waals surface area contributed by atoms with Crippen LogP contribution in [-0.4, -0.2) is 9.78 Å². The summed E-state index contributed by atoms with van der Waals surface area (Å²) in [4.78, 5) is 0. The SMILES string of the molecule is Cc1cccc(Cn2nc(-c3ccccc3)cc2N)c1. The van der Waals surface area contributed by atoms with Crippen LogP contribution in [-0.2, 0) is 6.54 Å². The van der Waals surface area contributed by atoms with Gasteiger partial charge in [0, 0.05) is 11.6 Å². The third-order valence-corrected chi connectivity index (χ3v) is 3.30. The van der Waals surface area contributed by atoms with Crippen molar-refractivity contribution in [3.8, 4) is 11.3 Å². The molecule has 0 fully saturated rings. The van der Waals surface area contributed by atoms with Crippen molar-refractivity contribution in [2.75, 3.05) is 5.73 Å². The van der Waals surface area contributed by atoms with Crippen molar-refractivity contribution >= 4 is 5.82 Å². The van der Waals surface area contributed by atoms with E-state index >= 15 is 0 Å². The van der Waals surface area contributed by atoms with Gasteiger partial charge < -0.3 is 5.73 Å². The summed E-state index contributed by atoms with van der Waals surface area (Å²) in [7, 11) is 0. The summed E-state index contributed by atoms with van der Waals surface area (Å²) < 4.78 is 1.84. The Kier molecular flexibility index (Phi) is 3.25. The third kappa shape index (κ3) is 2.57. The van der Waals surface area contributed by atoms with Crippen LogP contribution < -0.4 is 5.73 Å². The van der Waals surface area contributed by atoms with Crippen LogP contribution in [0.3, 0.4) is 0 Å². The van der Waals surface area contributed by atoms with Crippen LogP contribution in [0.2, 0.25) is 0 Å². The fraction of sp³-hybridized carbons (Fsp3) is 0.118. The van der Waals surface area contributed by atoms with Crippen molar-refractivity contribution < 1.29 is 0 Å². The summed E-state index contributed by atoms with van der Waals surface area (Å²) in [6.07, 6.45) is 0. The first-order valence-electron chi connectivity index (χ1n) is 6.67. The lowest BCUT2D eigenvalue weighted by Gasteiger charge is -2.05. The molecule has 0 amide bonds. The number of nitrogens with two attached hydrogens (primary N) is 1. The van der Waals surface area contributed by atoms with Gasteiger partial charge in [-0.05, 0) is 12.5 Å². The largest absolute Gasteiger partial charge is 0.384 e. The molecular weight excluding hydrogens is 246 g/mol. The van der Waals surface area contributed by atoms with Crippen LogP contribution in [0.1, 0.15) is 11.1 Å². The highest BCUT2D eigenvalue weighted by molar-refractivity contribution is 5.62. The Morgan fingerprint density at radius 2 is 1.80 bits per heavy atom. The maximum Gasteiger partial charge on any atom is 0.122 e. The zero-order chi connectivity index (χ0) is 13.9. The molecule has 3 heteroatoms. The quantitative estimate of drug-likeness (QED) is 0.786. The second-order valence-corrected chi connectivity index (χ2v) is 4.97. The number of aryl methyl sites for hydroxylation is 1. The Bertz CT molecular complexity index is 714. The van der Waals surface area contributed by atoms with Crippen molar-refractivity contribution in [2.45, 2.75) is 13.5 Å². The molecule has 2 N–H and O–H groups in total.